The lowest BCUT2D eigenvalue weighted by atomic mass is 9.76. The summed E-state index contributed by atoms with van der Waals surface area (Å²) in [5, 5.41) is 7.67. The fourth-order valence-electron chi connectivity index (χ4n) is 4.51. The Balaban J connectivity index is 1.65. The first-order valence-electron chi connectivity index (χ1n) is 10.8. The highest BCUT2D eigenvalue weighted by atomic mass is 35.5. The number of halogens is 2. The number of aromatic nitrogens is 1. The van der Waals surface area contributed by atoms with Gasteiger partial charge in [0.15, 0.2) is 0 Å². The van der Waals surface area contributed by atoms with Crippen molar-refractivity contribution in [1.29, 1.82) is 0 Å². The van der Waals surface area contributed by atoms with E-state index in [-0.39, 0.29) is 5.41 Å². The Morgan fingerprint density at radius 1 is 1.00 bits per heavy atom. The highest BCUT2D eigenvalue weighted by Gasteiger charge is 2.34. The largest absolute Gasteiger partial charge is 0.437 e. The number of oxime groups is 1. The molecule has 0 saturated carbocycles. The molecule has 172 valence electrons. The molecular formula is C26H27Cl2N3O2. The molecule has 1 aliphatic carbocycles. The first kappa shape index (κ1) is 23.4. The van der Waals surface area contributed by atoms with Crippen molar-refractivity contribution in [3.05, 3.63) is 80.6 Å². The molecule has 1 N–H and O–H groups in total. The maximum Gasteiger partial charge on any atom is 0.437 e. The molecule has 0 bridgehead atoms. The Bertz CT molecular complexity index is 1250. The first-order chi connectivity index (χ1) is 15.5. The summed E-state index contributed by atoms with van der Waals surface area (Å²) >= 11 is 11.9. The second-order valence-electron chi connectivity index (χ2n) is 9.52. The summed E-state index contributed by atoms with van der Waals surface area (Å²) < 4.78 is 2.29. The van der Waals surface area contributed by atoms with Gasteiger partial charge in [-0.25, -0.2) is 4.79 Å². The van der Waals surface area contributed by atoms with E-state index in [1.807, 2.05) is 0 Å². The fourth-order valence-corrected chi connectivity index (χ4v) is 4.81. The van der Waals surface area contributed by atoms with E-state index in [0.29, 0.717) is 22.2 Å². The van der Waals surface area contributed by atoms with Crippen LogP contribution in [0.2, 0.25) is 10.0 Å². The average Bonchev–Trinajstić information content (AvgIpc) is 3.03. The SMILES string of the molecule is Cc1cc(C)cc(-n2c(C)cc3c2CC(C)(C)C/C3=N\OC(=O)Nc2ccc(Cl)c(Cl)c2)c1. The van der Waals surface area contributed by atoms with Crippen LogP contribution in [0.5, 0.6) is 0 Å². The third kappa shape index (κ3) is 5.10. The molecule has 33 heavy (non-hydrogen) atoms. The monoisotopic (exact) mass is 483 g/mol. The highest BCUT2D eigenvalue weighted by molar-refractivity contribution is 6.42. The summed E-state index contributed by atoms with van der Waals surface area (Å²) in [4.78, 5) is 17.6. The van der Waals surface area contributed by atoms with Crippen LogP contribution in [0.15, 0.2) is 47.6 Å². The molecule has 1 amide bonds. The summed E-state index contributed by atoms with van der Waals surface area (Å²) in [6.07, 6.45) is 0.921. The minimum atomic E-state index is -0.684. The summed E-state index contributed by atoms with van der Waals surface area (Å²) in [7, 11) is 0. The van der Waals surface area contributed by atoms with Crippen LogP contribution >= 0.6 is 23.2 Å². The molecule has 0 fully saturated rings. The van der Waals surface area contributed by atoms with Crippen LogP contribution in [0, 0.1) is 26.2 Å². The van der Waals surface area contributed by atoms with Crippen molar-refractivity contribution >= 4 is 40.7 Å². The number of benzene rings is 2. The lowest BCUT2D eigenvalue weighted by Gasteiger charge is -2.31. The summed E-state index contributed by atoms with van der Waals surface area (Å²) in [5.74, 6) is 0. The van der Waals surface area contributed by atoms with Crippen LogP contribution in [0.25, 0.3) is 5.69 Å². The van der Waals surface area contributed by atoms with Gasteiger partial charge >= 0.3 is 6.09 Å². The van der Waals surface area contributed by atoms with Crippen molar-refractivity contribution in [2.45, 2.75) is 47.5 Å². The van der Waals surface area contributed by atoms with Crippen LogP contribution in [-0.4, -0.2) is 16.4 Å². The maximum atomic E-state index is 12.4. The maximum absolute atomic E-state index is 12.4. The van der Waals surface area contributed by atoms with Gasteiger partial charge in [0, 0.05) is 28.3 Å². The molecule has 0 radical (unpaired) electrons. The molecule has 0 saturated heterocycles. The molecule has 1 heterocycles. The standard InChI is InChI=1S/C26H27Cl2N3O2/c1-15-8-16(2)10-19(9-15)31-17(3)11-20-23(13-26(4,5)14-24(20)31)30-33-25(32)29-18-6-7-21(27)22(28)12-18/h6-12H,13-14H2,1-5H3,(H,29,32)/b30-23+. The highest BCUT2D eigenvalue weighted by Crippen LogP contribution is 2.38. The van der Waals surface area contributed by atoms with Gasteiger partial charge in [-0.1, -0.05) is 48.3 Å². The van der Waals surface area contributed by atoms with E-state index in [1.165, 1.54) is 16.8 Å². The predicted molar refractivity (Wildman–Crippen MR) is 135 cm³/mol. The summed E-state index contributed by atoms with van der Waals surface area (Å²) in [6.45, 7) is 10.7. The normalized spacial score (nSPS) is 15.9. The lowest BCUT2D eigenvalue weighted by Crippen LogP contribution is -2.29. The van der Waals surface area contributed by atoms with E-state index in [9.17, 15) is 4.79 Å². The molecule has 0 spiro atoms. The van der Waals surface area contributed by atoms with E-state index < -0.39 is 6.09 Å². The lowest BCUT2D eigenvalue weighted by molar-refractivity contribution is 0.165. The summed E-state index contributed by atoms with van der Waals surface area (Å²) in [5.41, 5.74) is 8.12. The Labute approximate surface area is 204 Å². The average molecular weight is 484 g/mol. The van der Waals surface area contributed by atoms with E-state index >= 15 is 0 Å². The van der Waals surface area contributed by atoms with Gasteiger partial charge in [-0.3, -0.25) is 10.2 Å². The number of carbonyl (C=O) groups is 1. The van der Waals surface area contributed by atoms with Crippen LogP contribution in [0.3, 0.4) is 0 Å². The van der Waals surface area contributed by atoms with Gasteiger partial charge < -0.3 is 4.57 Å². The first-order valence-corrected chi connectivity index (χ1v) is 11.6. The van der Waals surface area contributed by atoms with Crippen LogP contribution in [-0.2, 0) is 11.3 Å². The minimum absolute atomic E-state index is 0.0310. The number of aryl methyl sites for hydroxylation is 3. The number of rotatable bonds is 3. The predicted octanol–water partition coefficient (Wildman–Crippen LogP) is 7.63. The van der Waals surface area contributed by atoms with Gasteiger partial charge in [-0.15, -0.1) is 0 Å². The van der Waals surface area contributed by atoms with Crippen LogP contribution in [0.1, 0.15) is 48.3 Å². The Hall–Kier alpha value is -2.76. The smallest absolute Gasteiger partial charge is 0.318 e. The minimum Gasteiger partial charge on any atom is -0.318 e. The van der Waals surface area contributed by atoms with Crippen LogP contribution < -0.4 is 5.32 Å². The van der Waals surface area contributed by atoms with E-state index in [4.69, 9.17) is 28.0 Å². The molecule has 0 aliphatic heterocycles. The van der Waals surface area contributed by atoms with E-state index in [0.717, 1.165) is 29.1 Å². The zero-order chi connectivity index (χ0) is 23.9. The van der Waals surface area contributed by atoms with Crippen molar-refractivity contribution in [1.82, 2.24) is 4.57 Å². The van der Waals surface area contributed by atoms with Gasteiger partial charge in [0.2, 0.25) is 0 Å². The molecule has 0 atom stereocenters. The van der Waals surface area contributed by atoms with Crippen LogP contribution in [0.4, 0.5) is 10.5 Å². The van der Waals surface area contributed by atoms with Crippen molar-refractivity contribution in [3.63, 3.8) is 0 Å². The Morgan fingerprint density at radius 2 is 1.70 bits per heavy atom. The number of carbonyl (C=O) groups excluding carboxylic acids is 1. The number of amides is 1. The number of fused-ring (bicyclic) bond motifs is 1. The van der Waals surface area contributed by atoms with E-state index in [2.05, 4.69) is 73.9 Å². The topological polar surface area (TPSA) is 55.6 Å². The van der Waals surface area contributed by atoms with Gasteiger partial charge in [0.1, 0.15) is 0 Å². The molecule has 1 aliphatic rings. The molecule has 7 heteroatoms. The fraction of sp³-hybridized carbons (Fsp3) is 0.308. The van der Waals surface area contributed by atoms with Crippen molar-refractivity contribution in [3.8, 4) is 5.69 Å². The molecule has 0 unspecified atom stereocenters. The molecule has 2 aromatic carbocycles. The zero-order valence-corrected chi connectivity index (χ0v) is 20.9. The molecular weight excluding hydrogens is 457 g/mol. The number of nitrogens with zero attached hydrogens (tertiary/aromatic N) is 2. The molecule has 4 rings (SSSR count). The van der Waals surface area contributed by atoms with Gasteiger partial charge in [-0.05, 0) is 86.6 Å². The third-order valence-electron chi connectivity index (χ3n) is 5.76. The number of nitrogens with one attached hydrogen (secondary N) is 1. The van der Waals surface area contributed by atoms with Gasteiger partial charge in [-0.2, -0.15) is 0 Å². The Kier molecular flexibility index (Phi) is 6.30. The second kappa shape index (κ2) is 8.88. The van der Waals surface area contributed by atoms with Crippen molar-refractivity contribution in [2.75, 3.05) is 5.32 Å². The second-order valence-corrected chi connectivity index (χ2v) is 10.3. The number of hydrogen-bond donors (Lipinski definition) is 1. The summed E-state index contributed by atoms with van der Waals surface area (Å²) in [6, 6.07) is 13.5. The number of anilines is 1. The van der Waals surface area contributed by atoms with Gasteiger partial charge in [0.25, 0.3) is 0 Å². The third-order valence-corrected chi connectivity index (χ3v) is 6.50. The molecule has 1 aromatic heterocycles. The zero-order valence-electron chi connectivity index (χ0n) is 19.4. The van der Waals surface area contributed by atoms with E-state index in [1.54, 1.807) is 18.2 Å². The van der Waals surface area contributed by atoms with Gasteiger partial charge in [0.05, 0.1) is 15.8 Å². The molecule has 3 aromatic rings. The quantitative estimate of drug-likeness (QED) is 0.307. The van der Waals surface area contributed by atoms with Crippen molar-refractivity contribution in [2.24, 2.45) is 10.6 Å². The van der Waals surface area contributed by atoms with Crippen molar-refractivity contribution < 1.29 is 9.63 Å². The number of hydrogen-bond acceptors (Lipinski definition) is 3. The molecule has 5 nitrogen and oxygen atoms in total. The Morgan fingerprint density at radius 3 is 2.36 bits per heavy atom.